The standard InChI is InChI=1S/C25H46O5/c1-4-6-7-8-9-10-11-12-14-23-22(28-19-27-3)16-18-25(30-23)24-17-15-21(29-24)20(26)13-5-2/h5,20-26H,2,4,6-19H2,1,3H3/t20-,21-,22-,23+,24+,25+/m1/s1. The Balaban J connectivity index is 1.75. The molecule has 0 aromatic heterocycles. The zero-order valence-corrected chi connectivity index (χ0v) is 19.4. The topological polar surface area (TPSA) is 57.2 Å². The van der Waals surface area contributed by atoms with Crippen molar-refractivity contribution in [1.82, 2.24) is 0 Å². The predicted molar refractivity (Wildman–Crippen MR) is 121 cm³/mol. The van der Waals surface area contributed by atoms with Crippen molar-refractivity contribution in [3.05, 3.63) is 12.7 Å². The van der Waals surface area contributed by atoms with Gasteiger partial charge in [-0.15, -0.1) is 6.58 Å². The van der Waals surface area contributed by atoms with E-state index < -0.39 is 6.10 Å². The van der Waals surface area contributed by atoms with Gasteiger partial charge in [0, 0.05) is 7.11 Å². The second-order valence-corrected chi connectivity index (χ2v) is 9.05. The van der Waals surface area contributed by atoms with Gasteiger partial charge in [-0.1, -0.05) is 64.4 Å². The number of hydrogen-bond acceptors (Lipinski definition) is 5. The smallest absolute Gasteiger partial charge is 0.146 e. The largest absolute Gasteiger partial charge is 0.390 e. The Kier molecular flexibility index (Phi) is 13.2. The van der Waals surface area contributed by atoms with Gasteiger partial charge in [-0.3, -0.25) is 0 Å². The number of methoxy groups -OCH3 is 1. The molecule has 2 heterocycles. The Morgan fingerprint density at radius 1 is 0.967 bits per heavy atom. The fourth-order valence-corrected chi connectivity index (χ4v) is 4.82. The third-order valence-corrected chi connectivity index (χ3v) is 6.58. The lowest BCUT2D eigenvalue weighted by atomic mass is 9.93. The lowest BCUT2D eigenvalue weighted by molar-refractivity contribution is -0.198. The van der Waals surface area contributed by atoms with Crippen LogP contribution >= 0.6 is 0 Å². The number of rotatable bonds is 16. The van der Waals surface area contributed by atoms with Crippen LogP contribution in [0.15, 0.2) is 12.7 Å². The molecule has 176 valence electrons. The van der Waals surface area contributed by atoms with Crippen LogP contribution in [-0.2, 0) is 18.9 Å². The molecular weight excluding hydrogens is 380 g/mol. The summed E-state index contributed by atoms with van der Waals surface area (Å²) in [5.41, 5.74) is 0. The minimum atomic E-state index is -0.456. The summed E-state index contributed by atoms with van der Waals surface area (Å²) in [7, 11) is 1.67. The molecule has 0 aromatic rings. The zero-order valence-electron chi connectivity index (χ0n) is 19.4. The van der Waals surface area contributed by atoms with E-state index in [1.165, 1.54) is 51.4 Å². The van der Waals surface area contributed by atoms with Crippen LogP contribution in [0.4, 0.5) is 0 Å². The fraction of sp³-hybridized carbons (Fsp3) is 0.920. The Hall–Kier alpha value is -0.460. The first-order chi connectivity index (χ1) is 14.7. The average Bonchev–Trinajstić information content (AvgIpc) is 3.25. The third-order valence-electron chi connectivity index (χ3n) is 6.58. The SMILES string of the molecule is C=CC[C@@H](O)[C@H]1CC[C@@H]([C@@H]2CC[C@@H](OCOC)[C@H](CCCCCCCCCC)O2)O1. The molecule has 0 bridgehead atoms. The van der Waals surface area contributed by atoms with Crippen molar-refractivity contribution in [3.63, 3.8) is 0 Å². The van der Waals surface area contributed by atoms with Gasteiger partial charge in [-0.05, 0) is 38.5 Å². The van der Waals surface area contributed by atoms with Crippen molar-refractivity contribution in [2.24, 2.45) is 0 Å². The van der Waals surface area contributed by atoms with Crippen molar-refractivity contribution >= 4 is 0 Å². The summed E-state index contributed by atoms with van der Waals surface area (Å²) in [5.74, 6) is 0. The molecule has 5 nitrogen and oxygen atoms in total. The van der Waals surface area contributed by atoms with Crippen LogP contribution in [0.3, 0.4) is 0 Å². The Bertz CT molecular complexity index is 443. The number of aliphatic hydroxyl groups excluding tert-OH is 1. The van der Waals surface area contributed by atoms with Crippen LogP contribution in [0.2, 0.25) is 0 Å². The van der Waals surface area contributed by atoms with Crippen LogP contribution in [-0.4, -0.2) is 55.6 Å². The summed E-state index contributed by atoms with van der Waals surface area (Å²) >= 11 is 0. The van der Waals surface area contributed by atoms with E-state index in [0.717, 1.165) is 32.1 Å². The molecule has 0 unspecified atom stereocenters. The van der Waals surface area contributed by atoms with E-state index >= 15 is 0 Å². The normalized spacial score (nSPS) is 30.4. The molecule has 0 radical (unpaired) electrons. The minimum absolute atomic E-state index is 0.0823. The molecule has 2 rings (SSSR count). The molecule has 1 N–H and O–H groups in total. The molecule has 2 aliphatic rings. The first kappa shape index (κ1) is 25.8. The quantitative estimate of drug-likeness (QED) is 0.199. The first-order valence-electron chi connectivity index (χ1n) is 12.4. The van der Waals surface area contributed by atoms with Crippen molar-refractivity contribution in [2.45, 2.75) is 133 Å². The predicted octanol–water partition coefficient (Wildman–Crippen LogP) is 5.54. The summed E-state index contributed by atoms with van der Waals surface area (Å²) in [5, 5.41) is 10.2. The molecule has 6 atom stereocenters. The van der Waals surface area contributed by atoms with E-state index in [9.17, 15) is 5.11 Å². The maximum Gasteiger partial charge on any atom is 0.146 e. The third kappa shape index (κ3) is 8.96. The van der Waals surface area contributed by atoms with Crippen LogP contribution < -0.4 is 0 Å². The second-order valence-electron chi connectivity index (χ2n) is 9.05. The van der Waals surface area contributed by atoms with E-state index in [2.05, 4.69) is 13.5 Å². The fourth-order valence-electron chi connectivity index (χ4n) is 4.82. The summed E-state index contributed by atoms with van der Waals surface area (Å²) in [6.07, 6.45) is 17.5. The summed E-state index contributed by atoms with van der Waals surface area (Å²) in [6, 6.07) is 0. The molecular formula is C25H46O5. The maximum atomic E-state index is 10.2. The molecule has 2 fully saturated rings. The Morgan fingerprint density at radius 3 is 2.33 bits per heavy atom. The molecule has 0 aromatic carbocycles. The van der Waals surface area contributed by atoms with Gasteiger partial charge < -0.3 is 24.1 Å². The van der Waals surface area contributed by atoms with E-state index in [4.69, 9.17) is 18.9 Å². The molecule has 0 spiro atoms. The molecule has 2 aliphatic heterocycles. The lowest BCUT2D eigenvalue weighted by Gasteiger charge is -2.38. The highest BCUT2D eigenvalue weighted by Gasteiger charge is 2.40. The van der Waals surface area contributed by atoms with Crippen LogP contribution in [0, 0.1) is 0 Å². The van der Waals surface area contributed by atoms with Crippen molar-refractivity contribution in [1.29, 1.82) is 0 Å². The van der Waals surface area contributed by atoms with Crippen molar-refractivity contribution in [3.8, 4) is 0 Å². The highest BCUT2D eigenvalue weighted by molar-refractivity contribution is 4.90. The highest BCUT2D eigenvalue weighted by Crippen LogP contribution is 2.34. The van der Waals surface area contributed by atoms with Gasteiger partial charge in [-0.25, -0.2) is 0 Å². The highest BCUT2D eigenvalue weighted by atomic mass is 16.7. The molecule has 30 heavy (non-hydrogen) atoms. The van der Waals surface area contributed by atoms with E-state index in [1.807, 2.05) is 0 Å². The zero-order chi connectivity index (χ0) is 21.6. The maximum absolute atomic E-state index is 10.2. The van der Waals surface area contributed by atoms with Crippen LogP contribution in [0.25, 0.3) is 0 Å². The van der Waals surface area contributed by atoms with Crippen molar-refractivity contribution in [2.75, 3.05) is 13.9 Å². The number of hydrogen-bond donors (Lipinski definition) is 1. The van der Waals surface area contributed by atoms with Gasteiger partial charge in [0.15, 0.2) is 0 Å². The number of aliphatic hydroxyl groups is 1. The molecule has 2 saturated heterocycles. The molecule has 0 aliphatic carbocycles. The van der Waals surface area contributed by atoms with Crippen LogP contribution in [0.5, 0.6) is 0 Å². The molecule has 0 amide bonds. The van der Waals surface area contributed by atoms with Crippen molar-refractivity contribution < 1.29 is 24.1 Å². The Morgan fingerprint density at radius 2 is 1.63 bits per heavy atom. The monoisotopic (exact) mass is 426 g/mol. The van der Waals surface area contributed by atoms with Gasteiger partial charge in [0.1, 0.15) is 6.79 Å². The second kappa shape index (κ2) is 15.4. The average molecular weight is 427 g/mol. The van der Waals surface area contributed by atoms with Gasteiger partial charge in [0.05, 0.1) is 36.6 Å². The summed E-state index contributed by atoms with van der Waals surface area (Å²) in [4.78, 5) is 0. The first-order valence-corrected chi connectivity index (χ1v) is 12.4. The van der Waals surface area contributed by atoms with Gasteiger partial charge >= 0.3 is 0 Å². The summed E-state index contributed by atoms with van der Waals surface area (Å²) < 4.78 is 23.8. The van der Waals surface area contributed by atoms with E-state index in [1.54, 1.807) is 13.2 Å². The van der Waals surface area contributed by atoms with Crippen LogP contribution in [0.1, 0.15) is 96.8 Å². The number of unbranched alkanes of at least 4 members (excludes halogenated alkanes) is 7. The Labute approximate surface area is 184 Å². The summed E-state index contributed by atoms with van der Waals surface area (Å²) in [6.45, 7) is 6.30. The van der Waals surface area contributed by atoms with Gasteiger partial charge in [-0.2, -0.15) is 0 Å². The van der Waals surface area contributed by atoms with Gasteiger partial charge in [0.25, 0.3) is 0 Å². The van der Waals surface area contributed by atoms with Gasteiger partial charge in [0.2, 0.25) is 0 Å². The minimum Gasteiger partial charge on any atom is -0.390 e. The molecule has 0 saturated carbocycles. The lowest BCUT2D eigenvalue weighted by Crippen LogP contribution is -2.45. The van der Waals surface area contributed by atoms with E-state index in [0.29, 0.717) is 13.2 Å². The van der Waals surface area contributed by atoms with E-state index in [-0.39, 0.29) is 30.5 Å². The molecule has 5 heteroatoms. The number of ether oxygens (including phenoxy) is 4.